The van der Waals surface area contributed by atoms with E-state index >= 15 is 0 Å². The number of carbonyl (C=O) groups excluding carboxylic acids is 1. The van der Waals surface area contributed by atoms with E-state index in [-0.39, 0.29) is 12.4 Å². The van der Waals surface area contributed by atoms with Crippen LogP contribution in [-0.2, 0) is 14.3 Å². The summed E-state index contributed by atoms with van der Waals surface area (Å²) in [5.74, 6) is -1.62. The number of esters is 1. The lowest BCUT2D eigenvalue weighted by Gasteiger charge is -2.07. The molecule has 1 atom stereocenters. The van der Waals surface area contributed by atoms with Gasteiger partial charge in [-0.15, -0.1) is 0 Å². The van der Waals surface area contributed by atoms with Gasteiger partial charge in [0.05, 0.1) is 13.0 Å². The molecule has 0 spiro atoms. The summed E-state index contributed by atoms with van der Waals surface area (Å²) in [6.45, 7) is 1.79. The second-order valence-electron chi connectivity index (χ2n) is 2.56. The number of carboxylic acids is 1. The van der Waals surface area contributed by atoms with Crippen molar-refractivity contribution >= 4 is 11.9 Å². The molecule has 0 heterocycles. The van der Waals surface area contributed by atoms with E-state index in [1.807, 2.05) is 0 Å². The molecular formula is C8H14O4. The lowest BCUT2D eigenvalue weighted by atomic mass is 10.0. The maximum absolute atomic E-state index is 10.6. The predicted molar refractivity (Wildman–Crippen MR) is 42.7 cm³/mol. The van der Waals surface area contributed by atoms with E-state index in [4.69, 9.17) is 5.11 Å². The van der Waals surface area contributed by atoms with Crippen LogP contribution in [0.25, 0.3) is 0 Å². The monoisotopic (exact) mass is 174 g/mol. The fourth-order valence-electron chi connectivity index (χ4n) is 0.896. The van der Waals surface area contributed by atoms with Gasteiger partial charge in [-0.05, 0) is 12.8 Å². The van der Waals surface area contributed by atoms with Crippen LogP contribution >= 0.6 is 0 Å². The van der Waals surface area contributed by atoms with Crippen molar-refractivity contribution in [3.8, 4) is 0 Å². The first-order chi connectivity index (χ1) is 5.61. The third-order valence-electron chi connectivity index (χ3n) is 1.77. The van der Waals surface area contributed by atoms with Crippen molar-refractivity contribution in [2.24, 2.45) is 5.92 Å². The maximum Gasteiger partial charge on any atom is 0.306 e. The van der Waals surface area contributed by atoms with Crippen LogP contribution in [0, 0.1) is 5.92 Å². The molecule has 0 amide bonds. The maximum atomic E-state index is 10.6. The van der Waals surface area contributed by atoms with Crippen molar-refractivity contribution in [1.82, 2.24) is 0 Å². The first-order valence-electron chi connectivity index (χ1n) is 3.91. The van der Waals surface area contributed by atoms with Gasteiger partial charge in [-0.25, -0.2) is 0 Å². The summed E-state index contributed by atoms with van der Waals surface area (Å²) in [7, 11) is 1.30. The molecule has 0 saturated carbocycles. The Bertz CT molecular complexity index is 164. The summed E-state index contributed by atoms with van der Waals surface area (Å²) in [5, 5.41) is 8.61. The Morgan fingerprint density at radius 3 is 2.42 bits per heavy atom. The number of aliphatic carboxylic acids is 1. The molecule has 0 aliphatic rings. The summed E-state index contributed by atoms with van der Waals surface area (Å²) in [4.78, 5) is 21.1. The second kappa shape index (κ2) is 5.57. The van der Waals surface area contributed by atoms with Gasteiger partial charge in [-0.3, -0.25) is 9.59 Å². The molecule has 0 fully saturated rings. The van der Waals surface area contributed by atoms with Crippen molar-refractivity contribution in [3.63, 3.8) is 0 Å². The van der Waals surface area contributed by atoms with Crippen molar-refractivity contribution in [2.45, 2.75) is 26.2 Å². The van der Waals surface area contributed by atoms with Crippen molar-refractivity contribution in [3.05, 3.63) is 0 Å². The van der Waals surface area contributed by atoms with Crippen LogP contribution in [0.1, 0.15) is 26.2 Å². The van der Waals surface area contributed by atoms with Crippen molar-refractivity contribution in [1.29, 1.82) is 0 Å². The van der Waals surface area contributed by atoms with E-state index in [0.717, 1.165) is 0 Å². The molecule has 0 aliphatic heterocycles. The standard InChI is InChI=1S/C8H14O4/c1-3-6(8(10)11)4-5-7(9)12-2/h6H,3-5H2,1-2H3,(H,10,11). The summed E-state index contributed by atoms with van der Waals surface area (Å²) in [5.41, 5.74) is 0. The molecule has 0 rings (SSSR count). The first kappa shape index (κ1) is 10.9. The Balaban J connectivity index is 3.73. The lowest BCUT2D eigenvalue weighted by molar-refractivity contribution is -0.144. The van der Waals surface area contributed by atoms with E-state index in [9.17, 15) is 9.59 Å². The molecule has 0 aromatic heterocycles. The average molecular weight is 174 g/mol. The molecule has 1 N–H and O–H groups in total. The number of carboxylic acid groups (broad SMARTS) is 1. The van der Waals surface area contributed by atoms with Gasteiger partial charge >= 0.3 is 11.9 Å². The SMILES string of the molecule is CCC(CCC(=O)OC)C(=O)O. The Morgan fingerprint density at radius 1 is 1.50 bits per heavy atom. The quantitative estimate of drug-likeness (QED) is 0.633. The molecule has 12 heavy (non-hydrogen) atoms. The van der Waals surface area contributed by atoms with Gasteiger partial charge in [-0.1, -0.05) is 6.92 Å². The third kappa shape index (κ3) is 3.95. The molecule has 70 valence electrons. The summed E-state index contributed by atoms with van der Waals surface area (Å²) in [6, 6.07) is 0. The number of ether oxygens (including phenoxy) is 1. The van der Waals surface area contributed by atoms with Crippen LogP contribution in [0.15, 0.2) is 0 Å². The number of hydrogen-bond acceptors (Lipinski definition) is 3. The molecule has 0 aliphatic carbocycles. The molecule has 0 aromatic carbocycles. The Labute approximate surface area is 71.5 Å². The highest BCUT2D eigenvalue weighted by Crippen LogP contribution is 2.11. The van der Waals surface area contributed by atoms with Crippen molar-refractivity contribution in [2.75, 3.05) is 7.11 Å². The molecule has 0 saturated heterocycles. The van der Waals surface area contributed by atoms with Crippen LogP contribution in [-0.4, -0.2) is 24.2 Å². The summed E-state index contributed by atoms with van der Waals surface area (Å²) >= 11 is 0. The molecule has 1 unspecified atom stereocenters. The van der Waals surface area contributed by atoms with Crippen LogP contribution in [0.4, 0.5) is 0 Å². The molecular weight excluding hydrogens is 160 g/mol. The minimum absolute atomic E-state index is 0.182. The Morgan fingerprint density at radius 2 is 2.08 bits per heavy atom. The number of rotatable bonds is 5. The second-order valence-corrected chi connectivity index (χ2v) is 2.56. The van der Waals surface area contributed by atoms with Crippen LogP contribution in [0.5, 0.6) is 0 Å². The predicted octanol–water partition coefficient (Wildman–Crippen LogP) is 1.05. The van der Waals surface area contributed by atoms with Gasteiger partial charge in [0.25, 0.3) is 0 Å². The fourth-order valence-corrected chi connectivity index (χ4v) is 0.896. The van der Waals surface area contributed by atoms with Gasteiger partial charge in [0.2, 0.25) is 0 Å². The van der Waals surface area contributed by atoms with Crippen LogP contribution < -0.4 is 0 Å². The molecule has 4 nitrogen and oxygen atoms in total. The minimum atomic E-state index is -0.846. The highest BCUT2D eigenvalue weighted by molar-refractivity contribution is 5.72. The highest BCUT2D eigenvalue weighted by Gasteiger charge is 2.16. The molecule has 0 radical (unpaired) electrons. The fraction of sp³-hybridized carbons (Fsp3) is 0.750. The largest absolute Gasteiger partial charge is 0.481 e. The zero-order valence-electron chi connectivity index (χ0n) is 7.37. The summed E-state index contributed by atoms with van der Waals surface area (Å²) in [6.07, 6.45) is 1.09. The topological polar surface area (TPSA) is 63.6 Å². The van der Waals surface area contributed by atoms with E-state index in [1.54, 1.807) is 6.92 Å². The molecule has 4 heteroatoms. The zero-order valence-corrected chi connectivity index (χ0v) is 7.37. The summed E-state index contributed by atoms with van der Waals surface area (Å²) < 4.78 is 4.39. The average Bonchev–Trinajstić information content (AvgIpc) is 2.04. The normalized spacial score (nSPS) is 12.2. The van der Waals surface area contributed by atoms with Crippen molar-refractivity contribution < 1.29 is 19.4 Å². The van der Waals surface area contributed by atoms with E-state index in [0.29, 0.717) is 12.8 Å². The molecule has 0 aromatic rings. The van der Waals surface area contributed by atoms with E-state index in [2.05, 4.69) is 4.74 Å². The van der Waals surface area contributed by atoms with Gasteiger partial charge < -0.3 is 9.84 Å². The van der Waals surface area contributed by atoms with E-state index in [1.165, 1.54) is 7.11 Å². The van der Waals surface area contributed by atoms with Gasteiger partial charge in [0.1, 0.15) is 0 Å². The van der Waals surface area contributed by atoms with Gasteiger partial charge in [0, 0.05) is 6.42 Å². The number of hydrogen-bond donors (Lipinski definition) is 1. The van der Waals surface area contributed by atoms with Crippen LogP contribution in [0.2, 0.25) is 0 Å². The van der Waals surface area contributed by atoms with Gasteiger partial charge in [-0.2, -0.15) is 0 Å². The Hall–Kier alpha value is -1.06. The van der Waals surface area contributed by atoms with Crippen LogP contribution in [0.3, 0.4) is 0 Å². The van der Waals surface area contributed by atoms with Gasteiger partial charge in [0.15, 0.2) is 0 Å². The lowest BCUT2D eigenvalue weighted by Crippen LogP contribution is -2.14. The first-order valence-corrected chi connectivity index (χ1v) is 3.91. The number of methoxy groups -OCH3 is 1. The molecule has 0 bridgehead atoms. The third-order valence-corrected chi connectivity index (χ3v) is 1.77. The number of carbonyl (C=O) groups is 2. The smallest absolute Gasteiger partial charge is 0.306 e. The Kier molecular flexibility index (Phi) is 5.08. The van der Waals surface area contributed by atoms with E-state index < -0.39 is 11.9 Å². The zero-order chi connectivity index (χ0) is 9.56. The minimum Gasteiger partial charge on any atom is -0.481 e. The highest BCUT2D eigenvalue weighted by atomic mass is 16.5.